The van der Waals surface area contributed by atoms with Crippen LogP contribution in [0.1, 0.15) is 55.0 Å². The van der Waals surface area contributed by atoms with Gasteiger partial charge in [0.05, 0.1) is 22.0 Å². The van der Waals surface area contributed by atoms with Crippen LogP contribution >= 0.6 is 31.9 Å². The van der Waals surface area contributed by atoms with E-state index in [4.69, 9.17) is 9.72 Å². The third kappa shape index (κ3) is 6.09. The molecule has 1 heterocycles. The summed E-state index contributed by atoms with van der Waals surface area (Å²) >= 11 is 6.74. The predicted octanol–water partition coefficient (Wildman–Crippen LogP) is 7.48. The van der Waals surface area contributed by atoms with Gasteiger partial charge in [-0.2, -0.15) is 9.78 Å². The Balaban J connectivity index is 1.61. The number of nitro benzene ring substituents is 1. The molecule has 0 aliphatic heterocycles. The Hall–Kier alpha value is -3.44. The number of aromatic nitrogens is 2. The molecule has 0 N–H and O–H groups in total. The molecule has 0 spiro atoms. The van der Waals surface area contributed by atoms with Gasteiger partial charge in [-0.05, 0) is 54.8 Å². The third-order valence-corrected chi connectivity index (χ3v) is 7.60. The molecule has 11 heteroatoms. The van der Waals surface area contributed by atoms with E-state index in [-0.39, 0.29) is 35.1 Å². The van der Waals surface area contributed by atoms with E-state index >= 15 is 0 Å². The van der Waals surface area contributed by atoms with Crippen LogP contribution in [0.5, 0.6) is 5.75 Å². The van der Waals surface area contributed by atoms with Crippen LogP contribution in [0, 0.1) is 15.9 Å². The van der Waals surface area contributed by atoms with Crippen molar-refractivity contribution in [2.45, 2.75) is 44.6 Å². The van der Waals surface area contributed by atoms with Crippen molar-refractivity contribution in [3.05, 3.63) is 107 Å². The van der Waals surface area contributed by atoms with Gasteiger partial charge in [-0.25, -0.2) is 9.37 Å². The first-order valence-electron chi connectivity index (χ1n) is 12.4. The summed E-state index contributed by atoms with van der Waals surface area (Å²) in [7, 11) is 0. The monoisotopic (exact) mass is 656 g/mol. The van der Waals surface area contributed by atoms with E-state index in [1.807, 2.05) is 6.07 Å². The van der Waals surface area contributed by atoms with Crippen LogP contribution in [0.4, 0.5) is 10.1 Å². The van der Waals surface area contributed by atoms with Crippen molar-refractivity contribution >= 4 is 54.7 Å². The maximum Gasteiger partial charge on any atom is 0.312 e. The zero-order chi connectivity index (χ0) is 27.5. The van der Waals surface area contributed by atoms with Crippen molar-refractivity contribution in [3.8, 4) is 5.75 Å². The lowest BCUT2D eigenvalue weighted by atomic mass is 9.88. The number of hydrogen-bond donors (Lipinski definition) is 0. The Morgan fingerprint density at radius 3 is 2.64 bits per heavy atom. The van der Waals surface area contributed by atoms with Gasteiger partial charge in [-0.1, -0.05) is 63.3 Å². The van der Waals surface area contributed by atoms with E-state index in [9.17, 15) is 19.3 Å². The second-order valence-corrected chi connectivity index (χ2v) is 11.2. The lowest BCUT2D eigenvalue weighted by Gasteiger charge is -2.22. The molecule has 39 heavy (non-hydrogen) atoms. The summed E-state index contributed by atoms with van der Waals surface area (Å²) in [5, 5.41) is 16.8. The number of fused-ring (bicyclic) bond motifs is 1. The predicted molar refractivity (Wildman–Crippen MR) is 154 cm³/mol. The highest BCUT2D eigenvalue weighted by molar-refractivity contribution is 9.10. The minimum Gasteiger partial charge on any atom is -0.481 e. The first kappa shape index (κ1) is 27.1. The molecule has 0 bridgehead atoms. The Kier molecular flexibility index (Phi) is 8.18. The lowest BCUT2D eigenvalue weighted by Crippen LogP contribution is -2.25. The van der Waals surface area contributed by atoms with E-state index < -0.39 is 10.7 Å². The number of ether oxygens (including phenoxy) is 1. The second-order valence-electron chi connectivity index (χ2n) is 9.35. The highest BCUT2D eigenvalue weighted by Crippen LogP contribution is 2.35. The van der Waals surface area contributed by atoms with E-state index in [1.54, 1.807) is 24.3 Å². The summed E-state index contributed by atoms with van der Waals surface area (Å²) in [6.07, 6.45) is 6.38. The van der Waals surface area contributed by atoms with E-state index in [1.165, 1.54) is 35.2 Å². The van der Waals surface area contributed by atoms with Crippen molar-refractivity contribution < 1.29 is 14.1 Å². The molecule has 4 aromatic rings. The van der Waals surface area contributed by atoms with Gasteiger partial charge in [0.15, 0.2) is 0 Å². The number of rotatable bonds is 7. The fraction of sp³-hybridized carbons (Fsp3) is 0.250. The molecule has 0 amide bonds. The molecule has 0 radical (unpaired) electrons. The summed E-state index contributed by atoms with van der Waals surface area (Å²) in [5.74, 6) is 0.155. The Morgan fingerprint density at radius 2 is 1.90 bits per heavy atom. The van der Waals surface area contributed by atoms with Crippen LogP contribution in [0.3, 0.4) is 0 Å². The number of halogens is 3. The molecule has 1 aromatic heterocycles. The van der Waals surface area contributed by atoms with Crippen LogP contribution in [-0.4, -0.2) is 20.8 Å². The van der Waals surface area contributed by atoms with Crippen molar-refractivity contribution in [2.75, 3.05) is 0 Å². The molecule has 1 fully saturated rings. The maximum absolute atomic E-state index is 13.7. The van der Waals surface area contributed by atoms with Crippen LogP contribution in [0.25, 0.3) is 10.9 Å². The zero-order valence-corrected chi connectivity index (χ0v) is 23.8. The number of nitrogens with zero attached hydrogens (tertiary/aromatic N) is 4. The summed E-state index contributed by atoms with van der Waals surface area (Å²) in [6, 6.07) is 14.1. The van der Waals surface area contributed by atoms with Gasteiger partial charge in [-0.15, -0.1) is 0 Å². The smallest absolute Gasteiger partial charge is 0.312 e. The minimum atomic E-state index is -0.558. The van der Waals surface area contributed by atoms with Crippen molar-refractivity contribution in [3.63, 3.8) is 0 Å². The van der Waals surface area contributed by atoms with Gasteiger partial charge in [0.1, 0.15) is 18.2 Å². The van der Waals surface area contributed by atoms with Crippen molar-refractivity contribution in [2.24, 2.45) is 5.10 Å². The average Bonchev–Trinajstić information content (AvgIpc) is 2.92. The van der Waals surface area contributed by atoms with Crippen LogP contribution in [-0.2, 0) is 6.61 Å². The van der Waals surface area contributed by atoms with Crippen LogP contribution in [0.2, 0.25) is 0 Å². The molecular weight excluding hydrogens is 635 g/mol. The minimum absolute atomic E-state index is 0.0417. The molecule has 0 atom stereocenters. The van der Waals surface area contributed by atoms with Gasteiger partial charge in [0, 0.05) is 26.5 Å². The Morgan fingerprint density at radius 1 is 1.10 bits per heavy atom. The topological polar surface area (TPSA) is 99.6 Å². The van der Waals surface area contributed by atoms with E-state index in [0.717, 1.165) is 36.6 Å². The first-order valence-corrected chi connectivity index (χ1v) is 14.0. The van der Waals surface area contributed by atoms with Gasteiger partial charge in [0.25, 0.3) is 5.56 Å². The SMILES string of the molecule is O=c1c2cc(Br)ccc2nc(C2CCCCC2)n1N=Cc1cc(Br)cc([N+](=O)[O-])c1OCc1cccc(F)c1. The second kappa shape index (κ2) is 11.7. The molecule has 8 nitrogen and oxygen atoms in total. The molecular formula is C28H23Br2FN4O4. The number of benzene rings is 3. The van der Waals surface area contributed by atoms with Crippen molar-refractivity contribution in [1.29, 1.82) is 0 Å². The van der Waals surface area contributed by atoms with Crippen LogP contribution < -0.4 is 10.3 Å². The summed E-state index contributed by atoms with van der Waals surface area (Å²) in [4.78, 5) is 29.8. The Labute approximate surface area is 239 Å². The zero-order valence-electron chi connectivity index (χ0n) is 20.6. The third-order valence-electron chi connectivity index (χ3n) is 6.65. The normalized spacial score (nSPS) is 14.2. The first-order chi connectivity index (χ1) is 18.8. The summed E-state index contributed by atoms with van der Waals surface area (Å²) < 4.78 is 22.0. The lowest BCUT2D eigenvalue weighted by molar-refractivity contribution is -0.386. The average molecular weight is 658 g/mol. The maximum atomic E-state index is 13.7. The quantitative estimate of drug-likeness (QED) is 0.117. The molecule has 1 aliphatic carbocycles. The number of hydrogen-bond acceptors (Lipinski definition) is 6. The Bertz CT molecular complexity index is 1650. The molecule has 200 valence electrons. The molecule has 0 saturated heterocycles. The van der Waals surface area contributed by atoms with Crippen LogP contribution in [0.15, 0.2) is 73.4 Å². The van der Waals surface area contributed by atoms with Crippen molar-refractivity contribution in [1.82, 2.24) is 9.66 Å². The fourth-order valence-electron chi connectivity index (χ4n) is 4.79. The van der Waals surface area contributed by atoms with E-state index in [2.05, 4.69) is 37.0 Å². The van der Waals surface area contributed by atoms with Gasteiger partial charge in [-0.3, -0.25) is 14.9 Å². The largest absolute Gasteiger partial charge is 0.481 e. The summed E-state index contributed by atoms with van der Waals surface area (Å²) in [6.45, 7) is -0.0973. The van der Waals surface area contributed by atoms with E-state index in [0.29, 0.717) is 26.8 Å². The molecule has 1 aliphatic rings. The highest BCUT2D eigenvalue weighted by Gasteiger charge is 2.24. The molecule has 0 unspecified atom stereocenters. The van der Waals surface area contributed by atoms with Gasteiger partial charge in [0.2, 0.25) is 5.75 Å². The molecule has 5 rings (SSSR count). The molecule has 1 saturated carbocycles. The highest BCUT2D eigenvalue weighted by atomic mass is 79.9. The standard InChI is InChI=1S/C28H23Br2FN4O4/c29-20-9-10-24-23(13-20)28(36)34(27(33-24)18-6-2-1-3-7-18)32-15-19-12-21(30)14-25(35(37)38)26(19)39-16-17-5-4-8-22(31)11-17/h4-5,8-15,18H,1-3,6-7,16H2. The van der Waals surface area contributed by atoms with Gasteiger partial charge < -0.3 is 4.74 Å². The molecule has 3 aromatic carbocycles. The fourth-order valence-corrected chi connectivity index (χ4v) is 5.62. The number of nitro groups is 1. The van der Waals surface area contributed by atoms with Gasteiger partial charge >= 0.3 is 5.69 Å². The summed E-state index contributed by atoms with van der Waals surface area (Å²) in [5.41, 5.74) is 0.762.